The summed E-state index contributed by atoms with van der Waals surface area (Å²) in [4.78, 5) is 27.4. The summed E-state index contributed by atoms with van der Waals surface area (Å²) in [7, 11) is 1.27. The second-order valence-corrected chi connectivity index (χ2v) is 8.64. The van der Waals surface area contributed by atoms with Crippen LogP contribution in [0.3, 0.4) is 0 Å². The summed E-state index contributed by atoms with van der Waals surface area (Å²) in [6, 6.07) is 2.53. The van der Waals surface area contributed by atoms with E-state index >= 15 is 0 Å². The van der Waals surface area contributed by atoms with Crippen molar-refractivity contribution in [2.75, 3.05) is 13.6 Å². The molecule has 0 bridgehead atoms. The fourth-order valence-corrected chi connectivity index (χ4v) is 4.35. The Morgan fingerprint density at radius 1 is 1.06 bits per heavy atom. The number of halogens is 7. The molecule has 2 amide bonds. The minimum Gasteiger partial charge on any atom is -0.321 e. The van der Waals surface area contributed by atoms with Crippen LogP contribution in [0, 0.1) is 18.7 Å². The second-order valence-electron chi connectivity index (χ2n) is 8.64. The molecule has 1 aliphatic rings. The van der Waals surface area contributed by atoms with Crippen LogP contribution in [-0.2, 0) is 17.1 Å². The first-order valence-electron chi connectivity index (χ1n) is 10.7. The lowest BCUT2D eigenvalue weighted by Gasteiger charge is -2.35. The van der Waals surface area contributed by atoms with E-state index in [4.69, 9.17) is 0 Å². The van der Waals surface area contributed by atoms with E-state index in [1.165, 1.54) is 37.1 Å². The Morgan fingerprint density at radius 2 is 1.63 bits per heavy atom. The number of hydrogen-bond donors (Lipinski definition) is 0. The lowest BCUT2D eigenvalue weighted by molar-refractivity contribution is -0.143. The van der Waals surface area contributed by atoms with Gasteiger partial charge in [0.15, 0.2) is 0 Å². The summed E-state index contributed by atoms with van der Waals surface area (Å²) in [6.45, 7) is 3.07. The quantitative estimate of drug-likeness (QED) is 0.350. The number of carbonyl (C=O) groups is 2. The molecule has 190 valence electrons. The van der Waals surface area contributed by atoms with E-state index in [0.29, 0.717) is 36.0 Å². The number of nitrogens with zero attached hydrogens (tertiary/aromatic N) is 2. The number of benzene rings is 2. The Labute approximate surface area is 197 Å². The van der Waals surface area contributed by atoms with E-state index in [1.54, 1.807) is 6.92 Å². The average molecular weight is 504 g/mol. The molecule has 0 aliphatic carbocycles. The largest absolute Gasteiger partial charge is 0.416 e. The zero-order valence-electron chi connectivity index (χ0n) is 19.0. The Morgan fingerprint density at radius 3 is 2.11 bits per heavy atom. The minimum atomic E-state index is -5.02. The van der Waals surface area contributed by atoms with Crippen molar-refractivity contribution in [3.63, 3.8) is 0 Å². The Bertz CT molecular complexity index is 1080. The third kappa shape index (κ3) is 5.43. The zero-order chi connectivity index (χ0) is 26.3. The van der Waals surface area contributed by atoms with Crippen molar-refractivity contribution in [2.45, 2.75) is 44.7 Å². The highest BCUT2D eigenvalue weighted by molar-refractivity contribution is 5.77. The molecule has 0 N–H and O–H groups in total. The topological polar surface area (TPSA) is 40.6 Å². The van der Waals surface area contributed by atoms with Gasteiger partial charge in [0.05, 0.1) is 23.2 Å². The van der Waals surface area contributed by atoms with Gasteiger partial charge >= 0.3 is 18.4 Å². The summed E-state index contributed by atoms with van der Waals surface area (Å²) < 4.78 is 93.3. The standard InChI is InChI=1S/C24H23F7N2O2/c1-13-8-19(25)4-5-20(13)21-15(12-34)6-7-33(21)22(35)32(3)14(2)16-9-17(23(26,27)28)11-18(10-16)24(29,30)31/h4-5,8-12,14-15,21H,6-7H2,1-3H3/t14-,15-,21+/m0/s1. The normalized spacial score (nSPS) is 19.5. The van der Waals surface area contributed by atoms with Gasteiger partial charge < -0.3 is 14.6 Å². The highest BCUT2D eigenvalue weighted by atomic mass is 19.4. The van der Waals surface area contributed by atoms with Gasteiger partial charge in [0.2, 0.25) is 0 Å². The molecule has 4 nitrogen and oxygen atoms in total. The van der Waals surface area contributed by atoms with Crippen molar-refractivity contribution in [1.29, 1.82) is 0 Å². The summed E-state index contributed by atoms with van der Waals surface area (Å²) in [5.74, 6) is -1.10. The molecule has 11 heteroatoms. The number of amides is 2. The molecular weight excluding hydrogens is 481 g/mol. The van der Waals surface area contributed by atoms with Gasteiger partial charge in [-0.2, -0.15) is 26.3 Å². The van der Waals surface area contributed by atoms with Crippen LogP contribution in [0.15, 0.2) is 36.4 Å². The lowest BCUT2D eigenvalue weighted by atomic mass is 9.92. The molecule has 1 fully saturated rings. The number of aldehydes is 1. The summed E-state index contributed by atoms with van der Waals surface area (Å²) >= 11 is 0. The van der Waals surface area contributed by atoms with E-state index < -0.39 is 53.3 Å². The van der Waals surface area contributed by atoms with Gasteiger partial charge in [0, 0.05) is 19.5 Å². The molecule has 0 unspecified atom stereocenters. The van der Waals surface area contributed by atoms with E-state index in [-0.39, 0.29) is 18.2 Å². The first kappa shape index (κ1) is 26.5. The Kier molecular flexibility index (Phi) is 7.19. The molecule has 0 saturated carbocycles. The molecule has 3 rings (SSSR count). The predicted molar refractivity (Wildman–Crippen MR) is 113 cm³/mol. The van der Waals surface area contributed by atoms with Gasteiger partial charge in [-0.25, -0.2) is 9.18 Å². The maximum Gasteiger partial charge on any atom is 0.416 e. The summed E-state index contributed by atoms with van der Waals surface area (Å²) in [6.07, 6.45) is -9.04. The average Bonchev–Trinajstić information content (AvgIpc) is 3.19. The molecule has 0 radical (unpaired) electrons. The molecule has 35 heavy (non-hydrogen) atoms. The number of alkyl halides is 6. The van der Waals surface area contributed by atoms with Crippen molar-refractivity contribution in [3.05, 3.63) is 70.0 Å². The molecule has 1 heterocycles. The van der Waals surface area contributed by atoms with Crippen LogP contribution in [0.5, 0.6) is 0 Å². The fraction of sp³-hybridized carbons (Fsp3) is 0.417. The van der Waals surface area contributed by atoms with Crippen LogP contribution in [0.4, 0.5) is 35.5 Å². The Balaban J connectivity index is 1.97. The summed E-state index contributed by atoms with van der Waals surface area (Å²) in [5, 5.41) is 0. The second kappa shape index (κ2) is 9.50. The van der Waals surface area contributed by atoms with Gasteiger partial charge in [0.25, 0.3) is 0 Å². The van der Waals surface area contributed by atoms with Crippen molar-refractivity contribution in [1.82, 2.24) is 9.80 Å². The van der Waals surface area contributed by atoms with E-state index in [2.05, 4.69) is 0 Å². The molecule has 2 aromatic rings. The van der Waals surface area contributed by atoms with Crippen LogP contribution in [-0.4, -0.2) is 35.7 Å². The maximum atomic E-state index is 13.6. The number of likely N-dealkylation sites (tertiary alicyclic amines) is 1. The van der Waals surface area contributed by atoms with Gasteiger partial charge in [-0.3, -0.25) is 0 Å². The highest BCUT2D eigenvalue weighted by Gasteiger charge is 2.41. The number of carbonyl (C=O) groups excluding carboxylic acids is 2. The van der Waals surface area contributed by atoms with Crippen LogP contribution >= 0.6 is 0 Å². The van der Waals surface area contributed by atoms with Crippen molar-refractivity contribution in [2.24, 2.45) is 5.92 Å². The lowest BCUT2D eigenvalue weighted by Crippen LogP contribution is -2.42. The third-order valence-corrected chi connectivity index (χ3v) is 6.39. The SMILES string of the molecule is Cc1cc(F)ccc1[C@H]1[C@H](C=O)CCN1C(=O)N(C)[C@@H](C)c1cc(C(F)(F)F)cc(C(F)(F)F)c1. The fourth-order valence-electron chi connectivity index (χ4n) is 4.35. The number of rotatable bonds is 4. The molecular formula is C24H23F7N2O2. The van der Waals surface area contributed by atoms with Crippen LogP contribution in [0.2, 0.25) is 0 Å². The molecule has 0 spiro atoms. The van der Waals surface area contributed by atoms with Gasteiger partial charge in [0.1, 0.15) is 12.1 Å². The number of aryl methyl sites for hydroxylation is 1. The first-order valence-corrected chi connectivity index (χ1v) is 10.7. The predicted octanol–water partition coefficient (Wildman–Crippen LogP) is 6.55. The van der Waals surface area contributed by atoms with Crippen LogP contribution < -0.4 is 0 Å². The van der Waals surface area contributed by atoms with Gasteiger partial charge in [-0.15, -0.1) is 0 Å². The molecule has 3 atom stereocenters. The Hall–Kier alpha value is -3.11. The van der Waals surface area contributed by atoms with Crippen molar-refractivity contribution in [3.8, 4) is 0 Å². The van der Waals surface area contributed by atoms with Crippen LogP contribution in [0.25, 0.3) is 0 Å². The van der Waals surface area contributed by atoms with Crippen LogP contribution in [0.1, 0.15) is 53.2 Å². The molecule has 0 aromatic heterocycles. The van der Waals surface area contributed by atoms with E-state index in [1.807, 2.05) is 0 Å². The maximum absolute atomic E-state index is 13.6. The first-order chi connectivity index (χ1) is 16.1. The minimum absolute atomic E-state index is 0.0283. The monoisotopic (exact) mass is 504 g/mol. The number of hydrogen-bond acceptors (Lipinski definition) is 2. The summed E-state index contributed by atoms with van der Waals surface area (Å²) in [5.41, 5.74) is -2.25. The molecule has 1 saturated heterocycles. The van der Waals surface area contributed by atoms with E-state index in [0.717, 1.165) is 4.90 Å². The van der Waals surface area contributed by atoms with Crippen molar-refractivity contribution >= 4 is 12.3 Å². The highest BCUT2D eigenvalue weighted by Crippen LogP contribution is 2.41. The molecule has 1 aliphatic heterocycles. The smallest absolute Gasteiger partial charge is 0.321 e. The third-order valence-electron chi connectivity index (χ3n) is 6.39. The van der Waals surface area contributed by atoms with Gasteiger partial charge in [-0.05, 0) is 67.3 Å². The van der Waals surface area contributed by atoms with E-state index in [9.17, 15) is 40.3 Å². The van der Waals surface area contributed by atoms with Gasteiger partial charge in [-0.1, -0.05) is 6.07 Å². The number of urea groups is 1. The molecule has 2 aromatic carbocycles. The zero-order valence-corrected chi connectivity index (χ0v) is 19.0. The van der Waals surface area contributed by atoms with Crippen molar-refractivity contribution < 1.29 is 40.3 Å².